The molecule has 0 N–H and O–H groups in total. The molecule has 0 fully saturated rings. The van der Waals surface area contributed by atoms with E-state index in [0.717, 1.165) is 6.42 Å². The fourth-order valence-corrected chi connectivity index (χ4v) is 1.74. The normalized spacial score (nSPS) is 12.4. The molecular formula is C7H11KO3. The molecule has 0 aliphatic heterocycles. The van der Waals surface area contributed by atoms with Gasteiger partial charge in [0.1, 0.15) is 0 Å². The zero-order valence-electron chi connectivity index (χ0n) is 7.22. The van der Waals surface area contributed by atoms with Crippen molar-refractivity contribution in [1.82, 2.24) is 0 Å². The van der Waals surface area contributed by atoms with E-state index in [1.54, 1.807) is 0 Å². The number of esters is 1. The Morgan fingerprint density at radius 1 is 1.55 bits per heavy atom. The van der Waals surface area contributed by atoms with Crippen LogP contribution in [0.2, 0.25) is 0 Å². The first-order valence-electron chi connectivity index (χ1n) is 3.71. The van der Waals surface area contributed by atoms with Crippen LogP contribution in [-0.4, -0.2) is 61.9 Å². The van der Waals surface area contributed by atoms with Crippen molar-refractivity contribution in [3.63, 3.8) is 0 Å². The van der Waals surface area contributed by atoms with Gasteiger partial charge in [-0.1, -0.05) is 0 Å². The van der Waals surface area contributed by atoms with Crippen molar-refractivity contribution in [2.24, 2.45) is 5.92 Å². The minimum atomic E-state index is -0.468. The number of ether oxygens (including phenoxy) is 1. The van der Waals surface area contributed by atoms with Crippen molar-refractivity contribution < 1.29 is 14.3 Å². The topological polar surface area (TPSA) is 43.4 Å². The zero-order valence-corrected chi connectivity index (χ0v) is 10.3. The van der Waals surface area contributed by atoms with Gasteiger partial charge in [-0.2, -0.15) is 0 Å². The summed E-state index contributed by atoms with van der Waals surface area (Å²) in [6, 6.07) is 0. The molecule has 58 valence electrons. The van der Waals surface area contributed by atoms with Crippen LogP contribution in [0.15, 0.2) is 0 Å². The standard InChI is InChI=1S/C7H11O3.K/c1-3-4-6(5-8)7(9)10-2;/h6H,3-4H2,1-2H3;. The average molecular weight is 182 g/mol. The van der Waals surface area contributed by atoms with Gasteiger partial charge >= 0.3 is 102 Å². The maximum atomic E-state index is 10.9. The SMILES string of the molecule is CCCC([C](=O)[K])C(=O)OC. The monoisotopic (exact) mass is 182 g/mol. The zero-order chi connectivity index (χ0) is 8.85. The molecule has 0 aliphatic carbocycles. The van der Waals surface area contributed by atoms with Crippen molar-refractivity contribution in [3.05, 3.63) is 0 Å². The molecule has 0 radical (unpaired) electrons. The van der Waals surface area contributed by atoms with Crippen LogP contribution >= 0.6 is 0 Å². The van der Waals surface area contributed by atoms with E-state index in [1.165, 1.54) is 7.11 Å². The average Bonchev–Trinajstić information content (AvgIpc) is 1.98. The van der Waals surface area contributed by atoms with Crippen molar-refractivity contribution in [2.45, 2.75) is 19.8 Å². The molecule has 0 bridgehead atoms. The van der Waals surface area contributed by atoms with E-state index in [-0.39, 0.29) is 54.8 Å². The molecule has 0 amide bonds. The van der Waals surface area contributed by atoms with Crippen molar-refractivity contribution >= 4 is 54.8 Å². The Bertz CT molecular complexity index is 156. The van der Waals surface area contributed by atoms with E-state index >= 15 is 0 Å². The molecule has 11 heavy (non-hydrogen) atoms. The van der Waals surface area contributed by atoms with Gasteiger partial charge < -0.3 is 0 Å². The molecule has 0 heterocycles. The van der Waals surface area contributed by atoms with Gasteiger partial charge in [0, 0.05) is 0 Å². The maximum absolute atomic E-state index is 10.9. The summed E-state index contributed by atoms with van der Waals surface area (Å²) < 4.78 is 4.57. The Morgan fingerprint density at radius 3 is 2.36 bits per heavy atom. The summed E-state index contributed by atoms with van der Waals surface area (Å²) in [4.78, 5) is 21.8. The van der Waals surface area contributed by atoms with Crippen LogP contribution < -0.4 is 0 Å². The van der Waals surface area contributed by atoms with Gasteiger partial charge in [0.15, 0.2) is 0 Å². The van der Waals surface area contributed by atoms with E-state index in [0.29, 0.717) is 6.42 Å². The molecule has 0 saturated carbocycles. The van der Waals surface area contributed by atoms with Crippen LogP contribution in [-0.2, 0) is 14.3 Å². The Hall–Kier alpha value is 0.776. The fourth-order valence-electron chi connectivity index (χ4n) is 0.918. The third-order valence-corrected chi connectivity index (χ3v) is 2.64. The van der Waals surface area contributed by atoms with Crippen molar-refractivity contribution in [2.75, 3.05) is 7.11 Å². The fraction of sp³-hybridized carbons (Fsp3) is 0.714. The summed E-state index contributed by atoms with van der Waals surface area (Å²) in [5.74, 6) is -0.838. The molecule has 1 atom stereocenters. The van der Waals surface area contributed by atoms with Gasteiger partial charge in [-0.3, -0.25) is 0 Å². The van der Waals surface area contributed by atoms with Gasteiger partial charge in [-0.25, -0.2) is 0 Å². The van der Waals surface area contributed by atoms with Gasteiger partial charge in [0.25, 0.3) is 0 Å². The Labute approximate surface area is 100 Å². The molecule has 4 heteroatoms. The molecule has 0 saturated heterocycles. The molecule has 0 aromatic heterocycles. The second kappa shape index (κ2) is 6.31. The van der Waals surface area contributed by atoms with Gasteiger partial charge in [0.05, 0.1) is 0 Å². The van der Waals surface area contributed by atoms with Crippen molar-refractivity contribution in [1.29, 1.82) is 0 Å². The summed E-state index contributed by atoms with van der Waals surface area (Å²) in [5.41, 5.74) is 0. The van der Waals surface area contributed by atoms with Gasteiger partial charge in [-0.05, 0) is 0 Å². The van der Waals surface area contributed by atoms with Crippen LogP contribution in [0.3, 0.4) is 0 Å². The summed E-state index contributed by atoms with van der Waals surface area (Å²) in [6.45, 7) is 1.95. The number of carbonyl (C=O) groups excluding carboxylic acids is 2. The van der Waals surface area contributed by atoms with E-state index in [2.05, 4.69) is 4.74 Å². The molecule has 0 aromatic rings. The second-order valence-electron chi connectivity index (χ2n) is 2.48. The number of rotatable bonds is 4. The molecule has 1 unspecified atom stereocenters. The van der Waals surface area contributed by atoms with Gasteiger partial charge in [0.2, 0.25) is 0 Å². The number of methoxy groups -OCH3 is 1. The number of hydrogen-bond donors (Lipinski definition) is 0. The molecule has 0 aromatic carbocycles. The summed E-state index contributed by atoms with van der Waals surface area (Å²) >= 11 is 0.0844. The van der Waals surface area contributed by atoms with E-state index < -0.39 is 5.92 Å². The molecule has 0 aliphatic rings. The van der Waals surface area contributed by atoms with E-state index in [9.17, 15) is 9.59 Å². The third kappa shape index (κ3) is 4.37. The summed E-state index contributed by atoms with van der Waals surface area (Å²) in [7, 11) is 1.32. The van der Waals surface area contributed by atoms with Crippen LogP contribution in [0.1, 0.15) is 19.8 Å². The van der Waals surface area contributed by atoms with E-state index in [4.69, 9.17) is 0 Å². The molecule has 3 nitrogen and oxygen atoms in total. The van der Waals surface area contributed by atoms with Crippen LogP contribution in [0.25, 0.3) is 0 Å². The predicted octanol–water partition coefficient (Wildman–Crippen LogP) is 0.271. The molecule has 0 rings (SSSR count). The van der Waals surface area contributed by atoms with Crippen LogP contribution in [0.4, 0.5) is 0 Å². The minimum absolute atomic E-state index is 0.0752. The Balaban J connectivity index is 4.09. The van der Waals surface area contributed by atoms with E-state index in [1.807, 2.05) is 6.92 Å². The Morgan fingerprint density at radius 2 is 2.09 bits per heavy atom. The van der Waals surface area contributed by atoms with Crippen LogP contribution in [0, 0.1) is 5.92 Å². The summed E-state index contributed by atoms with van der Waals surface area (Å²) in [6.07, 6.45) is 1.48. The molecular weight excluding hydrogens is 171 g/mol. The third-order valence-electron chi connectivity index (χ3n) is 1.55. The predicted molar refractivity (Wildman–Crippen MR) is 41.2 cm³/mol. The van der Waals surface area contributed by atoms with Crippen molar-refractivity contribution in [3.8, 4) is 0 Å². The van der Waals surface area contributed by atoms with Gasteiger partial charge in [-0.15, -0.1) is 0 Å². The molecule has 0 spiro atoms. The second-order valence-corrected chi connectivity index (χ2v) is 4.01. The number of hydrogen-bond acceptors (Lipinski definition) is 3. The first-order chi connectivity index (χ1) is 5.13. The Kier molecular flexibility index (Phi) is 6.76. The quantitative estimate of drug-likeness (QED) is 0.356. The first kappa shape index (κ1) is 11.8. The van der Waals surface area contributed by atoms with Crippen LogP contribution in [0.5, 0.6) is 0 Å². The summed E-state index contributed by atoms with van der Waals surface area (Å²) in [5, 5.41) is 0. The first-order valence-corrected chi connectivity index (χ1v) is 5.27. The number of carbonyl (C=O) groups is 2.